The first-order valence-electron chi connectivity index (χ1n) is 6.59. The zero-order chi connectivity index (χ0) is 15.2. The summed E-state index contributed by atoms with van der Waals surface area (Å²) in [4.78, 5) is 30.0. The number of carbonyl (C=O) groups is 1. The Morgan fingerprint density at radius 2 is 2.10 bits per heavy atom. The van der Waals surface area contributed by atoms with Gasteiger partial charge in [0.15, 0.2) is 5.16 Å². The maximum absolute atomic E-state index is 11.9. The monoisotopic (exact) mass is 303 g/mol. The van der Waals surface area contributed by atoms with Gasteiger partial charge in [-0.15, -0.1) is 0 Å². The third-order valence-corrected chi connectivity index (χ3v) is 3.74. The number of nitrogens with zero attached hydrogens (tertiary/aromatic N) is 1. The van der Waals surface area contributed by atoms with Crippen molar-refractivity contribution < 1.29 is 4.79 Å². The molecule has 0 saturated carbocycles. The molecule has 1 atom stereocenters. The van der Waals surface area contributed by atoms with Crippen LogP contribution in [0, 0.1) is 6.92 Å². The molecular weight excluding hydrogens is 286 g/mol. The molecule has 1 aromatic carbocycles. The lowest BCUT2D eigenvalue weighted by atomic mass is 10.1. The Balaban J connectivity index is 1.89. The van der Waals surface area contributed by atoms with Crippen molar-refractivity contribution in [1.29, 1.82) is 0 Å². The van der Waals surface area contributed by atoms with Crippen LogP contribution >= 0.6 is 11.8 Å². The molecule has 21 heavy (non-hydrogen) atoms. The lowest BCUT2D eigenvalue weighted by Crippen LogP contribution is -2.28. The maximum atomic E-state index is 11.9. The number of benzene rings is 1. The number of hydrogen-bond acceptors (Lipinski definition) is 4. The predicted octanol–water partition coefficient (Wildman–Crippen LogP) is 2.05. The molecule has 6 heteroatoms. The molecule has 0 aliphatic carbocycles. The first-order valence-corrected chi connectivity index (χ1v) is 7.58. The number of thioether (sulfide) groups is 1. The van der Waals surface area contributed by atoms with E-state index in [1.165, 1.54) is 17.8 Å². The molecule has 2 N–H and O–H groups in total. The van der Waals surface area contributed by atoms with Crippen LogP contribution in [0.3, 0.4) is 0 Å². The standard InChI is InChI=1S/C15H17N3O2S/c1-10-8-13(19)18-15(16-10)21-9-14(20)17-11(2)12-6-4-3-5-7-12/h3-8,11H,9H2,1-2H3,(H,17,20)(H,16,18,19)/t11-/m1/s1. The average molecular weight is 303 g/mol. The number of aryl methyl sites for hydroxylation is 1. The van der Waals surface area contributed by atoms with E-state index in [1.807, 2.05) is 37.3 Å². The largest absolute Gasteiger partial charge is 0.349 e. The highest BCUT2D eigenvalue weighted by Crippen LogP contribution is 2.14. The summed E-state index contributed by atoms with van der Waals surface area (Å²) in [7, 11) is 0. The third kappa shape index (κ3) is 4.75. The van der Waals surface area contributed by atoms with Crippen molar-refractivity contribution in [1.82, 2.24) is 15.3 Å². The van der Waals surface area contributed by atoms with E-state index in [4.69, 9.17) is 0 Å². The first-order chi connectivity index (χ1) is 10.0. The van der Waals surface area contributed by atoms with Crippen LogP contribution in [0.15, 0.2) is 46.3 Å². The molecule has 2 aromatic rings. The van der Waals surface area contributed by atoms with Gasteiger partial charge in [-0.1, -0.05) is 42.1 Å². The molecule has 0 unspecified atom stereocenters. The van der Waals surface area contributed by atoms with Gasteiger partial charge in [-0.25, -0.2) is 4.98 Å². The van der Waals surface area contributed by atoms with Crippen molar-refractivity contribution >= 4 is 17.7 Å². The van der Waals surface area contributed by atoms with Crippen molar-refractivity contribution in [2.24, 2.45) is 0 Å². The van der Waals surface area contributed by atoms with Crippen molar-refractivity contribution in [3.8, 4) is 0 Å². The van der Waals surface area contributed by atoms with Gasteiger partial charge in [0.2, 0.25) is 5.91 Å². The number of hydrogen-bond donors (Lipinski definition) is 2. The van der Waals surface area contributed by atoms with E-state index in [0.717, 1.165) is 5.56 Å². The molecule has 110 valence electrons. The van der Waals surface area contributed by atoms with Crippen molar-refractivity contribution in [3.05, 3.63) is 58.0 Å². The Morgan fingerprint density at radius 1 is 1.38 bits per heavy atom. The number of aromatic amines is 1. The van der Waals surface area contributed by atoms with Crippen LogP contribution in [-0.4, -0.2) is 21.6 Å². The van der Waals surface area contributed by atoms with Gasteiger partial charge in [0.25, 0.3) is 5.56 Å². The highest BCUT2D eigenvalue weighted by Gasteiger charge is 2.10. The Kier molecular flexibility index (Phi) is 5.16. The molecule has 1 heterocycles. The smallest absolute Gasteiger partial charge is 0.251 e. The molecule has 0 aliphatic rings. The summed E-state index contributed by atoms with van der Waals surface area (Å²) in [6.07, 6.45) is 0. The summed E-state index contributed by atoms with van der Waals surface area (Å²) >= 11 is 1.22. The van der Waals surface area contributed by atoms with Gasteiger partial charge in [0.05, 0.1) is 11.8 Å². The lowest BCUT2D eigenvalue weighted by Gasteiger charge is -2.13. The fourth-order valence-electron chi connectivity index (χ4n) is 1.86. The van der Waals surface area contributed by atoms with Crippen LogP contribution < -0.4 is 10.9 Å². The van der Waals surface area contributed by atoms with E-state index < -0.39 is 0 Å². The number of nitrogens with one attached hydrogen (secondary N) is 2. The average Bonchev–Trinajstić information content (AvgIpc) is 2.45. The first kappa shape index (κ1) is 15.3. The predicted molar refractivity (Wildman–Crippen MR) is 83.3 cm³/mol. The van der Waals surface area contributed by atoms with E-state index in [-0.39, 0.29) is 23.3 Å². The van der Waals surface area contributed by atoms with Gasteiger partial charge in [-0.05, 0) is 19.4 Å². The second-order valence-corrected chi connectivity index (χ2v) is 5.64. The summed E-state index contributed by atoms with van der Waals surface area (Å²) < 4.78 is 0. The third-order valence-electron chi connectivity index (χ3n) is 2.87. The maximum Gasteiger partial charge on any atom is 0.251 e. The number of rotatable bonds is 5. The second kappa shape index (κ2) is 7.08. The van der Waals surface area contributed by atoms with Gasteiger partial charge in [-0.2, -0.15) is 0 Å². The molecule has 1 amide bonds. The van der Waals surface area contributed by atoms with Crippen molar-refractivity contribution in [2.75, 3.05) is 5.75 Å². The fourth-order valence-corrected chi connectivity index (χ4v) is 2.59. The number of aromatic nitrogens is 2. The van der Waals surface area contributed by atoms with Crippen molar-refractivity contribution in [3.63, 3.8) is 0 Å². The summed E-state index contributed by atoms with van der Waals surface area (Å²) in [5.41, 5.74) is 1.49. The van der Waals surface area contributed by atoms with Gasteiger partial charge in [0.1, 0.15) is 0 Å². The SMILES string of the molecule is Cc1cc(=O)[nH]c(SCC(=O)N[C@H](C)c2ccccc2)n1. The van der Waals surface area contributed by atoms with E-state index >= 15 is 0 Å². The zero-order valence-corrected chi connectivity index (χ0v) is 12.7. The minimum Gasteiger partial charge on any atom is -0.349 e. The Bertz CT molecular complexity index is 670. The molecule has 0 spiro atoms. The molecule has 0 saturated heterocycles. The molecule has 1 aromatic heterocycles. The van der Waals surface area contributed by atoms with Gasteiger partial charge >= 0.3 is 0 Å². The highest BCUT2D eigenvalue weighted by atomic mass is 32.2. The van der Waals surface area contributed by atoms with Gasteiger partial charge < -0.3 is 10.3 Å². The Labute approximate surface area is 127 Å². The minimum absolute atomic E-state index is 0.0520. The van der Waals surface area contributed by atoms with Crippen molar-refractivity contribution in [2.45, 2.75) is 25.0 Å². The van der Waals surface area contributed by atoms with E-state index in [2.05, 4.69) is 15.3 Å². The zero-order valence-electron chi connectivity index (χ0n) is 11.9. The van der Waals surface area contributed by atoms with Crippen LogP contribution in [0.2, 0.25) is 0 Å². The Hall–Kier alpha value is -2.08. The van der Waals surface area contributed by atoms with Crippen LogP contribution in [-0.2, 0) is 4.79 Å². The van der Waals surface area contributed by atoms with E-state index in [0.29, 0.717) is 10.9 Å². The molecular formula is C15H17N3O2S. The molecule has 0 aliphatic heterocycles. The lowest BCUT2D eigenvalue weighted by molar-refractivity contribution is -0.119. The van der Waals surface area contributed by atoms with Crippen LogP contribution in [0.1, 0.15) is 24.2 Å². The topological polar surface area (TPSA) is 74.8 Å². The Morgan fingerprint density at radius 3 is 2.76 bits per heavy atom. The van der Waals surface area contributed by atoms with Gasteiger partial charge in [0, 0.05) is 11.8 Å². The van der Waals surface area contributed by atoms with E-state index in [9.17, 15) is 9.59 Å². The number of carbonyl (C=O) groups excluding carboxylic acids is 1. The molecule has 0 radical (unpaired) electrons. The molecule has 0 fully saturated rings. The molecule has 0 bridgehead atoms. The molecule has 5 nitrogen and oxygen atoms in total. The van der Waals surface area contributed by atoms with Gasteiger partial charge in [-0.3, -0.25) is 9.59 Å². The summed E-state index contributed by atoms with van der Waals surface area (Å²) in [6, 6.07) is 11.1. The summed E-state index contributed by atoms with van der Waals surface area (Å²) in [5.74, 6) is 0.115. The van der Waals surface area contributed by atoms with E-state index in [1.54, 1.807) is 6.92 Å². The minimum atomic E-state index is -0.205. The fraction of sp³-hybridized carbons (Fsp3) is 0.267. The quantitative estimate of drug-likeness (QED) is 0.655. The summed E-state index contributed by atoms with van der Waals surface area (Å²) in [6.45, 7) is 3.68. The van der Waals surface area contributed by atoms with Crippen LogP contribution in [0.4, 0.5) is 0 Å². The summed E-state index contributed by atoms with van der Waals surface area (Å²) in [5, 5.41) is 3.38. The number of H-pyrrole nitrogens is 1. The van der Waals surface area contributed by atoms with Crippen LogP contribution in [0.5, 0.6) is 0 Å². The molecule has 2 rings (SSSR count). The van der Waals surface area contributed by atoms with Crippen LogP contribution in [0.25, 0.3) is 0 Å². The number of amides is 1. The normalized spacial score (nSPS) is 11.9. The highest BCUT2D eigenvalue weighted by molar-refractivity contribution is 7.99. The second-order valence-electron chi connectivity index (χ2n) is 4.68.